The van der Waals surface area contributed by atoms with E-state index >= 15 is 0 Å². The molecule has 2 heterocycles. The summed E-state index contributed by atoms with van der Waals surface area (Å²) in [6.07, 6.45) is 10.7. The predicted molar refractivity (Wildman–Crippen MR) is 136 cm³/mol. The fourth-order valence-electron chi connectivity index (χ4n) is 7.08. The Kier molecular flexibility index (Phi) is 9.13. The fraction of sp³-hybridized carbons (Fsp3) is 1.00. The van der Waals surface area contributed by atoms with Crippen molar-refractivity contribution in [2.45, 2.75) is 121 Å². The van der Waals surface area contributed by atoms with Crippen LogP contribution in [0.4, 0.5) is 0 Å². The Bertz CT molecular complexity index is 587. The quantitative estimate of drug-likeness (QED) is 0.575. The Hall–Kier alpha value is -0.240. The molecule has 0 aromatic rings. The molecule has 6 nitrogen and oxygen atoms in total. The van der Waals surface area contributed by atoms with Crippen LogP contribution in [0.25, 0.3) is 0 Å². The summed E-state index contributed by atoms with van der Waals surface area (Å²) in [5.74, 6) is 0.749. The van der Waals surface area contributed by atoms with E-state index in [-0.39, 0.29) is 5.54 Å². The largest absolute Gasteiger partial charge is 0.379 e. The summed E-state index contributed by atoms with van der Waals surface area (Å²) in [6, 6.07) is 3.67. The van der Waals surface area contributed by atoms with Crippen molar-refractivity contribution in [2.75, 3.05) is 46.6 Å². The van der Waals surface area contributed by atoms with E-state index < -0.39 is 0 Å². The maximum absolute atomic E-state index is 5.72. The highest BCUT2D eigenvalue weighted by Crippen LogP contribution is 2.34. The van der Waals surface area contributed by atoms with Crippen molar-refractivity contribution < 1.29 is 9.47 Å². The van der Waals surface area contributed by atoms with Gasteiger partial charge in [-0.25, -0.2) is 0 Å². The SMILES string of the molecule is CC(CC1CCC[C@H](NC(C)(C)C)[C@H]1N1CCOCC1)N[C@H]1CCCC[C@@H]1N(C)C1COC1. The van der Waals surface area contributed by atoms with Crippen LogP contribution in [0.5, 0.6) is 0 Å². The van der Waals surface area contributed by atoms with Crippen molar-refractivity contribution >= 4 is 0 Å². The minimum absolute atomic E-state index is 0.159. The summed E-state index contributed by atoms with van der Waals surface area (Å²) in [6.45, 7) is 15.2. The number of nitrogens with one attached hydrogen (secondary N) is 2. The van der Waals surface area contributed by atoms with Crippen molar-refractivity contribution in [3.8, 4) is 0 Å². The molecular weight excluding hydrogens is 412 g/mol. The highest BCUT2D eigenvalue weighted by atomic mass is 16.5. The summed E-state index contributed by atoms with van der Waals surface area (Å²) in [4.78, 5) is 5.39. The van der Waals surface area contributed by atoms with E-state index in [1.807, 2.05) is 0 Å². The lowest BCUT2D eigenvalue weighted by Crippen LogP contribution is -2.62. The molecule has 4 aliphatic rings. The summed E-state index contributed by atoms with van der Waals surface area (Å²) in [7, 11) is 2.33. The van der Waals surface area contributed by atoms with E-state index in [1.54, 1.807) is 0 Å². The van der Waals surface area contributed by atoms with Crippen LogP contribution in [0.15, 0.2) is 0 Å². The lowest BCUT2D eigenvalue weighted by atomic mass is 9.76. The molecule has 2 unspecified atom stereocenters. The van der Waals surface area contributed by atoms with Gasteiger partial charge < -0.3 is 20.1 Å². The number of nitrogens with zero attached hydrogens (tertiary/aromatic N) is 2. The number of ether oxygens (including phenoxy) is 2. The van der Waals surface area contributed by atoms with Gasteiger partial charge in [0.05, 0.1) is 32.5 Å². The third kappa shape index (κ3) is 6.92. The molecule has 6 atom stereocenters. The van der Waals surface area contributed by atoms with Gasteiger partial charge >= 0.3 is 0 Å². The topological polar surface area (TPSA) is 49.0 Å². The molecule has 2 saturated heterocycles. The van der Waals surface area contributed by atoms with E-state index in [1.165, 1.54) is 51.4 Å². The van der Waals surface area contributed by atoms with Crippen LogP contribution in [-0.4, -0.2) is 98.2 Å². The van der Waals surface area contributed by atoms with Crippen molar-refractivity contribution in [3.05, 3.63) is 0 Å². The molecule has 0 aromatic heterocycles. The second-order valence-corrected chi connectivity index (χ2v) is 12.4. The average Bonchev–Trinajstić information content (AvgIpc) is 2.72. The van der Waals surface area contributed by atoms with E-state index in [2.05, 4.69) is 55.2 Å². The molecule has 2 saturated carbocycles. The third-order valence-electron chi connectivity index (χ3n) is 8.67. The Morgan fingerprint density at radius 2 is 1.64 bits per heavy atom. The van der Waals surface area contributed by atoms with E-state index in [9.17, 15) is 0 Å². The second-order valence-electron chi connectivity index (χ2n) is 12.4. The molecule has 33 heavy (non-hydrogen) atoms. The Morgan fingerprint density at radius 1 is 0.939 bits per heavy atom. The van der Waals surface area contributed by atoms with Gasteiger partial charge in [0.15, 0.2) is 0 Å². The van der Waals surface area contributed by atoms with Crippen LogP contribution < -0.4 is 10.6 Å². The molecule has 192 valence electrons. The zero-order chi connectivity index (χ0) is 23.4. The normalized spacial score (nSPS) is 36.0. The van der Waals surface area contributed by atoms with Gasteiger partial charge in [0, 0.05) is 48.8 Å². The molecule has 0 spiro atoms. The van der Waals surface area contributed by atoms with Gasteiger partial charge in [-0.2, -0.15) is 0 Å². The van der Waals surface area contributed by atoms with Gasteiger partial charge in [0.2, 0.25) is 0 Å². The fourth-order valence-corrected chi connectivity index (χ4v) is 7.08. The van der Waals surface area contributed by atoms with E-state index in [0.29, 0.717) is 36.3 Å². The Balaban J connectivity index is 1.40. The minimum atomic E-state index is 0.159. The number of likely N-dealkylation sites (N-methyl/N-ethyl adjacent to an activating group) is 1. The van der Waals surface area contributed by atoms with Crippen LogP contribution in [0, 0.1) is 5.92 Å². The van der Waals surface area contributed by atoms with Crippen molar-refractivity contribution in [1.29, 1.82) is 0 Å². The van der Waals surface area contributed by atoms with Crippen LogP contribution >= 0.6 is 0 Å². The third-order valence-corrected chi connectivity index (χ3v) is 8.67. The van der Waals surface area contributed by atoms with Crippen LogP contribution in [-0.2, 0) is 9.47 Å². The summed E-state index contributed by atoms with van der Waals surface area (Å²) < 4.78 is 11.2. The zero-order valence-electron chi connectivity index (χ0n) is 22.2. The highest BCUT2D eigenvalue weighted by molar-refractivity contribution is 4.98. The summed E-state index contributed by atoms with van der Waals surface area (Å²) in [5.41, 5.74) is 0.159. The predicted octanol–water partition coefficient (Wildman–Crippen LogP) is 3.25. The van der Waals surface area contributed by atoms with Gasteiger partial charge in [-0.1, -0.05) is 19.3 Å². The van der Waals surface area contributed by atoms with Gasteiger partial charge in [-0.3, -0.25) is 9.80 Å². The summed E-state index contributed by atoms with van der Waals surface area (Å²) in [5, 5.41) is 8.16. The lowest BCUT2D eigenvalue weighted by Gasteiger charge is -2.49. The molecule has 0 radical (unpaired) electrons. The second kappa shape index (κ2) is 11.7. The standard InChI is InChI=1S/C27H52N4O2/c1-20(28-23-10-6-7-12-25(23)30(5)22-18-33-19-22)17-21-9-8-11-24(29-27(2,3)4)26(21)31-13-15-32-16-14-31/h20-26,28-29H,6-19H2,1-5H3/t20?,21?,23-,24-,25-,26-/m0/s1. The Morgan fingerprint density at radius 3 is 2.30 bits per heavy atom. The first-order valence-corrected chi connectivity index (χ1v) is 14.0. The molecule has 2 N–H and O–H groups in total. The number of hydrogen-bond acceptors (Lipinski definition) is 6. The Labute approximate surface area is 203 Å². The number of morpholine rings is 1. The molecule has 6 heteroatoms. The molecule has 4 rings (SSSR count). The highest BCUT2D eigenvalue weighted by Gasteiger charge is 2.40. The van der Waals surface area contributed by atoms with Crippen LogP contribution in [0.2, 0.25) is 0 Å². The van der Waals surface area contributed by atoms with Gasteiger partial charge in [0.1, 0.15) is 0 Å². The first-order valence-electron chi connectivity index (χ1n) is 14.0. The molecule has 4 fully saturated rings. The van der Waals surface area contributed by atoms with Crippen LogP contribution in [0.1, 0.15) is 79.1 Å². The zero-order valence-corrected chi connectivity index (χ0v) is 22.2. The van der Waals surface area contributed by atoms with E-state index in [0.717, 1.165) is 45.4 Å². The monoisotopic (exact) mass is 464 g/mol. The van der Waals surface area contributed by atoms with Crippen molar-refractivity contribution in [1.82, 2.24) is 20.4 Å². The molecule has 2 aliphatic carbocycles. The van der Waals surface area contributed by atoms with Crippen LogP contribution in [0.3, 0.4) is 0 Å². The molecule has 0 amide bonds. The molecule has 2 aliphatic heterocycles. The maximum Gasteiger partial charge on any atom is 0.0645 e. The smallest absolute Gasteiger partial charge is 0.0645 e. The minimum Gasteiger partial charge on any atom is -0.379 e. The van der Waals surface area contributed by atoms with Crippen molar-refractivity contribution in [3.63, 3.8) is 0 Å². The summed E-state index contributed by atoms with van der Waals surface area (Å²) >= 11 is 0. The molecule has 0 aromatic carbocycles. The molecule has 0 bridgehead atoms. The lowest BCUT2D eigenvalue weighted by molar-refractivity contribution is -0.0783. The first kappa shape index (κ1) is 25.8. The first-order chi connectivity index (χ1) is 15.8. The number of rotatable bonds is 8. The van der Waals surface area contributed by atoms with Gasteiger partial charge in [-0.15, -0.1) is 0 Å². The van der Waals surface area contributed by atoms with Gasteiger partial charge in [-0.05, 0) is 72.8 Å². The number of hydrogen-bond donors (Lipinski definition) is 2. The molecular formula is C27H52N4O2. The average molecular weight is 465 g/mol. The maximum atomic E-state index is 5.72. The van der Waals surface area contributed by atoms with Crippen molar-refractivity contribution in [2.24, 2.45) is 5.92 Å². The van der Waals surface area contributed by atoms with Gasteiger partial charge in [0.25, 0.3) is 0 Å². The van der Waals surface area contributed by atoms with E-state index in [4.69, 9.17) is 9.47 Å².